The van der Waals surface area contributed by atoms with Crippen LogP contribution in [0.5, 0.6) is 0 Å². The van der Waals surface area contributed by atoms with Crippen LogP contribution in [-0.2, 0) is 6.42 Å². The minimum absolute atomic E-state index is 0.183. The second-order valence-corrected chi connectivity index (χ2v) is 6.07. The van der Waals surface area contributed by atoms with Crippen molar-refractivity contribution < 1.29 is 9.90 Å². The van der Waals surface area contributed by atoms with E-state index in [2.05, 4.69) is 34.2 Å². The van der Waals surface area contributed by atoms with Crippen molar-refractivity contribution in [1.29, 1.82) is 0 Å². The highest BCUT2D eigenvalue weighted by atomic mass is 16.3. The third-order valence-electron chi connectivity index (χ3n) is 4.40. The van der Waals surface area contributed by atoms with Crippen LogP contribution in [0.2, 0.25) is 0 Å². The van der Waals surface area contributed by atoms with Crippen molar-refractivity contribution in [2.45, 2.75) is 31.8 Å². The number of rotatable bonds is 6. The number of nitrogens with zero attached hydrogens (tertiary/aromatic N) is 1. The standard InChI is InChI=1S/C19H21N3O2/c1-12(23)15(19-21-11-17(22-19)18(20)24)10-9-14-7-4-6-13-5-2-3-8-16(13)14/h2-8,11-12,15,23H,9-10H2,1H3,(H2,20,24)(H,21,22)/t12-,15-/m0/s1. The van der Waals surface area contributed by atoms with Crippen molar-refractivity contribution in [3.05, 3.63) is 65.7 Å². The lowest BCUT2D eigenvalue weighted by Gasteiger charge is -2.18. The summed E-state index contributed by atoms with van der Waals surface area (Å²) in [6.45, 7) is 1.74. The number of aliphatic hydroxyl groups excluding tert-OH is 1. The molecule has 2 atom stereocenters. The van der Waals surface area contributed by atoms with Gasteiger partial charge >= 0.3 is 0 Å². The molecule has 2 aromatic carbocycles. The zero-order valence-corrected chi connectivity index (χ0v) is 13.6. The molecule has 1 aromatic heterocycles. The number of primary amides is 1. The first-order chi connectivity index (χ1) is 11.6. The molecule has 124 valence electrons. The zero-order chi connectivity index (χ0) is 17.1. The summed E-state index contributed by atoms with van der Waals surface area (Å²) in [6.07, 6.45) is 2.37. The summed E-state index contributed by atoms with van der Waals surface area (Å²) >= 11 is 0. The fraction of sp³-hybridized carbons (Fsp3) is 0.263. The summed E-state index contributed by atoms with van der Waals surface area (Å²) in [5, 5.41) is 12.6. The number of imidazole rings is 1. The Morgan fingerprint density at radius 1 is 1.25 bits per heavy atom. The number of hydrogen-bond donors (Lipinski definition) is 3. The Labute approximate surface area is 140 Å². The van der Waals surface area contributed by atoms with Gasteiger partial charge in [-0.1, -0.05) is 42.5 Å². The number of carbonyl (C=O) groups excluding carboxylic acids is 1. The number of fused-ring (bicyclic) bond motifs is 1. The van der Waals surface area contributed by atoms with Gasteiger partial charge in [-0.2, -0.15) is 0 Å². The number of nitrogens with two attached hydrogens (primary N) is 1. The first-order valence-corrected chi connectivity index (χ1v) is 8.05. The lowest BCUT2D eigenvalue weighted by atomic mass is 9.92. The Hall–Kier alpha value is -2.66. The largest absolute Gasteiger partial charge is 0.393 e. The number of nitrogens with one attached hydrogen (secondary N) is 1. The number of aryl methyl sites for hydroxylation is 1. The first-order valence-electron chi connectivity index (χ1n) is 8.05. The summed E-state index contributed by atoms with van der Waals surface area (Å²) in [5.74, 6) is -0.136. The predicted molar refractivity (Wildman–Crippen MR) is 93.8 cm³/mol. The summed E-state index contributed by atoms with van der Waals surface area (Å²) < 4.78 is 0. The van der Waals surface area contributed by atoms with Crippen LogP contribution in [0.4, 0.5) is 0 Å². The molecule has 0 saturated carbocycles. The first kappa shape index (κ1) is 16.2. The SMILES string of the molecule is C[C@H](O)[C@H](CCc1cccc2ccccc12)c1ncc(C(N)=O)[nH]1. The molecular formula is C19H21N3O2. The highest BCUT2D eigenvalue weighted by molar-refractivity contribution is 5.90. The van der Waals surface area contributed by atoms with Crippen molar-refractivity contribution >= 4 is 16.7 Å². The summed E-state index contributed by atoms with van der Waals surface area (Å²) in [5.41, 5.74) is 6.76. The normalized spacial score (nSPS) is 13.8. The highest BCUT2D eigenvalue weighted by Crippen LogP contribution is 2.26. The molecule has 0 unspecified atom stereocenters. The molecule has 0 spiro atoms. The Morgan fingerprint density at radius 2 is 2.00 bits per heavy atom. The van der Waals surface area contributed by atoms with Crippen LogP contribution < -0.4 is 5.73 Å². The van der Waals surface area contributed by atoms with E-state index in [1.165, 1.54) is 22.5 Å². The van der Waals surface area contributed by atoms with E-state index in [-0.39, 0.29) is 11.6 Å². The maximum absolute atomic E-state index is 11.2. The molecule has 0 aliphatic carbocycles. The van der Waals surface area contributed by atoms with Crippen molar-refractivity contribution in [2.24, 2.45) is 5.73 Å². The lowest BCUT2D eigenvalue weighted by molar-refractivity contribution is 0.0995. The van der Waals surface area contributed by atoms with Gasteiger partial charge in [-0.3, -0.25) is 4.79 Å². The van der Waals surface area contributed by atoms with Gasteiger partial charge in [0.1, 0.15) is 11.5 Å². The van der Waals surface area contributed by atoms with Crippen LogP contribution in [-0.4, -0.2) is 27.1 Å². The number of aromatic nitrogens is 2. The third-order valence-corrected chi connectivity index (χ3v) is 4.40. The number of aliphatic hydroxyl groups is 1. The van der Waals surface area contributed by atoms with Crippen LogP contribution in [0.15, 0.2) is 48.7 Å². The van der Waals surface area contributed by atoms with E-state index >= 15 is 0 Å². The zero-order valence-electron chi connectivity index (χ0n) is 13.6. The van der Waals surface area contributed by atoms with Crippen LogP contribution in [0.25, 0.3) is 10.8 Å². The fourth-order valence-corrected chi connectivity index (χ4v) is 3.08. The van der Waals surface area contributed by atoms with E-state index in [1.54, 1.807) is 6.92 Å². The number of hydrogen-bond acceptors (Lipinski definition) is 3. The number of amides is 1. The van der Waals surface area contributed by atoms with Crippen LogP contribution in [0.1, 0.15) is 41.1 Å². The van der Waals surface area contributed by atoms with Crippen molar-refractivity contribution in [1.82, 2.24) is 9.97 Å². The monoisotopic (exact) mass is 323 g/mol. The number of benzene rings is 2. The summed E-state index contributed by atoms with van der Waals surface area (Å²) in [6, 6.07) is 14.5. The van der Waals surface area contributed by atoms with Gasteiger partial charge in [-0.15, -0.1) is 0 Å². The van der Waals surface area contributed by atoms with Crippen LogP contribution >= 0.6 is 0 Å². The smallest absolute Gasteiger partial charge is 0.266 e. The molecule has 0 saturated heterocycles. The van der Waals surface area contributed by atoms with E-state index in [4.69, 9.17) is 5.73 Å². The maximum atomic E-state index is 11.2. The Kier molecular flexibility index (Phi) is 4.62. The van der Waals surface area contributed by atoms with Crippen molar-refractivity contribution in [3.63, 3.8) is 0 Å². The van der Waals surface area contributed by atoms with E-state index in [9.17, 15) is 9.90 Å². The quantitative estimate of drug-likeness (QED) is 0.651. The third kappa shape index (κ3) is 3.31. The van der Waals surface area contributed by atoms with Gasteiger partial charge in [0.25, 0.3) is 5.91 Å². The molecule has 1 heterocycles. The molecule has 3 rings (SSSR count). The van der Waals surface area contributed by atoms with E-state index in [0.717, 1.165) is 12.8 Å². The average molecular weight is 323 g/mol. The maximum Gasteiger partial charge on any atom is 0.266 e. The summed E-state index contributed by atoms with van der Waals surface area (Å²) in [7, 11) is 0. The Balaban J connectivity index is 1.82. The van der Waals surface area contributed by atoms with Gasteiger partial charge in [0.2, 0.25) is 0 Å². The molecule has 0 bridgehead atoms. The molecule has 0 aliphatic rings. The van der Waals surface area contributed by atoms with E-state index in [1.807, 2.05) is 18.2 Å². The fourth-order valence-electron chi connectivity index (χ4n) is 3.08. The molecule has 3 aromatic rings. The highest BCUT2D eigenvalue weighted by Gasteiger charge is 2.21. The van der Waals surface area contributed by atoms with Gasteiger partial charge in [-0.25, -0.2) is 4.98 Å². The second-order valence-electron chi connectivity index (χ2n) is 6.07. The average Bonchev–Trinajstić information content (AvgIpc) is 3.05. The number of carbonyl (C=O) groups is 1. The molecule has 0 aliphatic heterocycles. The van der Waals surface area contributed by atoms with Gasteiger partial charge in [0, 0.05) is 5.92 Å². The predicted octanol–water partition coefficient (Wildman–Crippen LogP) is 2.76. The second kappa shape index (κ2) is 6.84. The molecule has 1 amide bonds. The summed E-state index contributed by atoms with van der Waals surface area (Å²) in [4.78, 5) is 18.4. The Bertz CT molecular complexity index is 849. The van der Waals surface area contributed by atoms with Crippen LogP contribution in [0, 0.1) is 0 Å². The molecular weight excluding hydrogens is 302 g/mol. The minimum Gasteiger partial charge on any atom is -0.393 e. The minimum atomic E-state index is -0.577. The lowest BCUT2D eigenvalue weighted by Crippen LogP contribution is -2.18. The molecule has 5 nitrogen and oxygen atoms in total. The van der Waals surface area contributed by atoms with Gasteiger partial charge in [0.15, 0.2) is 0 Å². The molecule has 0 radical (unpaired) electrons. The van der Waals surface area contributed by atoms with E-state index in [0.29, 0.717) is 5.82 Å². The van der Waals surface area contributed by atoms with Crippen molar-refractivity contribution in [3.8, 4) is 0 Å². The van der Waals surface area contributed by atoms with Gasteiger partial charge in [-0.05, 0) is 36.1 Å². The topological polar surface area (TPSA) is 92.0 Å². The molecule has 5 heteroatoms. The molecule has 0 fully saturated rings. The number of aromatic amines is 1. The van der Waals surface area contributed by atoms with E-state index < -0.39 is 12.0 Å². The van der Waals surface area contributed by atoms with Crippen LogP contribution in [0.3, 0.4) is 0 Å². The Morgan fingerprint density at radius 3 is 2.71 bits per heavy atom. The van der Waals surface area contributed by atoms with Crippen molar-refractivity contribution in [2.75, 3.05) is 0 Å². The molecule has 4 N–H and O–H groups in total. The molecule has 24 heavy (non-hydrogen) atoms. The van der Waals surface area contributed by atoms with Gasteiger partial charge in [0.05, 0.1) is 12.3 Å². The number of H-pyrrole nitrogens is 1. The van der Waals surface area contributed by atoms with Gasteiger partial charge < -0.3 is 15.8 Å².